The van der Waals surface area contributed by atoms with E-state index < -0.39 is 37.0 Å². The summed E-state index contributed by atoms with van der Waals surface area (Å²) in [5.74, 6) is -0.968. The molecule has 2 aromatic heterocycles. The zero-order chi connectivity index (χ0) is 33.8. The Balaban J connectivity index is 1.25. The van der Waals surface area contributed by atoms with Crippen molar-refractivity contribution in [2.24, 2.45) is 0 Å². The second-order valence-electron chi connectivity index (χ2n) is 10.6. The number of pyridine rings is 1. The van der Waals surface area contributed by atoms with Crippen LogP contribution in [0.4, 0.5) is 0 Å². The molecule has 0 aliphatic rings. The standard InChI is InChI=1S/C32H30Cl2N4O9/c33-21-8-6-18(10-20(21)31(45)46)47-32-36-23-11-22(34)27(37-30(23)38-32)17-4-2-16(3-5-17)19-7-1-15(9-24(19)40)12-35-13-25(41)28(43)29(44)26(42)14-39/h1-11,25-26,28-29,35,39-44H,12-14H2,(H,45,46)(H,36,37,38). The lowest BCUT2D eigenvalue weighted by molar-refractivity contribution is -0.114. The first-order valence-electron chi connectivity index (χ1n) is 14.2. The number of carboxylic acid groups (broad SMARTS) is 1. The van der Waals surface area contributed by atoms with Gasteiger partial charge in [-0.2, -0.15) is 4.98 Å². The first-order valence-corrected chi connectivity index (χ1v) is 14.9. The lowest BCUT2D eigenvalue weighted by Gasteiger charge is -2.25. The number of aromatic nitrogens is 3. The number of rotatable bonds is 13. The molecule has 0 aliphatic carbocycles. The summed E-state index contributed by atoms with van der Waals surface area (Å²) in [5.41, 5.74) is 3.82. The number of ether oxygens (including phenoxy) is 1. The molecule has 3 aromatic carbocycles. The number of fused-ring (bicyclic) bond motifs is 1. The van der Waals surface area contributed by atoms with Gasteiger partial charge in [0.25, 0.3) is 0 Å². The summed E-state index contributed by atoms with van der Waals surface area (Å²) in [6, 6.07) is 18.2. The number of aromatic hydroxyl groups is 1. The number of phenols is 1. The van der Waals surface area contributed by atoms with Crippen LogP contribution in [-0.4, -0.2) is 94.2 Å². The van der Waals surface area contributed by atoms with E-state index in [2.05, 4.69) is 20.3 Å². The van der Waals surface area contributed by atoms with Crippen LogP contribution in [-0.2, 0) is 6.54 Å². The Morgan fingerprint density at radius 1 is 0.872 bits per heavy atom. The molecule has 4 atom stereocenters. The predicted octanol–water partition coefficient (Wildman–Crippen LogP) is 3.32. The normalized spacial score (nSPS) is 14.1. The Labute approximate surface area is 277 Å². The van der Waals surface area contributed by atoms with Crippen LogP contribution in [0, 0.1) is 0 Å². The SMILES string of the molecule is O=C(O)c1cc(Oc2nc3nc(-c4ccc(-c5ccc(CNCC(O)C(O)C(O)C(O)CO)cc5O)cc4)c(Cl)cc3[nH]2)ccc1Cl. The number of hydrogen-bond acceptors (Lipinski definition) is 11. The van der Waals surface area contributed by atoms with Gasteiger partial charge in [0.2, 0.25) is 0 Å². The predicted molar refractivity (Wildman–Crippen MR) is 173 cm³/mol. The summed E-state index contributed by atoms with van der Waals surface area (Å²) in [4.78, 5) is 23.3. The van der Waals surface area contributed by atoms with Gasteiger partial charge in [0.05, 0.1) is 39.5 Å². The van der Waals surface area contributed by atoms with Crippen LogP contribution in [0.15, 0.2) is 66.7 Å². The molecule has 0 aliphatic heterocycles. The van der Waals surface area contributed by atoms with Crippen LogP contribution in [0.5, 0.6) is 17.5 Å². The number of aromatic amines is 1. The van der Waals surface area contributed by atoms with E-state index in [1.807, 2.05) is 0 Å². The molecule has 0 radical (unpaired) electrons. The topological polar surface area (TPSA) is 222 Å². The molecule has 0 amide bonds. The maximum atomic E-state index is 11.4. The van der Waals surface area contributed by atoms with Crippen molar-refractivity contribution < 1.29 is 45.3 Å². The van der Waals surface area contributed by atoms with E-state index in [1.54, 1.807) is 48.5 Å². The van der Waals surface area contributed by atoms with Crippen LogP contribution >= 0.6 is 23.2 Å². The minimum absolute atomic E-state index is 0.0110. The summed E-state index contributed by atoms with van der Waals surface area (Å²) in [5, 5.41) is 71.4. The number of hydrogen-bond donors (Lipinski definition) is 9. The molecule has 5 rings (SSSR count). The first-order chi connectivity index (χ1) is 22.4. The number of aliphatic hydroxyl groups is 5. The number of phenolic OH excluding ortho intramolecular Hbond substituents is 1. The number of aliphatic hydroxyl groups excluding tert-OH is 5. The fourth-order valence-corrected chi connectivity index (χ4v) is 5.24. The molecule has 0 saturated heterocycles. The van der Waals surface area contributed by atoms with Gasteiger partial charge in [-0.15, -0.1) is 0 Å². The molecule has 246 valence electrons. The molecule has 0 fully saturated rings. The van der Waals surface area contributed by atoms with Gasteiger partial charge in [-0.3, -0.25) is 0 Å². The van der Waals surface area contributed by atoms with Crippen molar-refractivity contribution in [1.82, 2.24) is 20.3 Å². The van der Waals surface area contributed by atoms with Crippen LogP contribution in [0.1, 0.15) is 15.9 Å². The first kappa shape index (κ1) is 34.0. The number of imidazole rings is 1. The van der Waals surface area contributed by atoms with Gasteiger partial charge >= 0.3 is 12.0 Å². The molecule has 15 heteroatoms. The molecule has 13 nitrogen and oxygen atoms in total. The number of H-pyrrole nitrogens is 1. The van der Waals surface area contributed by atoms with Crippen LogP contribution in [0.2, 0.25) is 10.0 Å². The highest BCUT2D eigenvalue weighted by Crippen LogP contribution is 2.34. The molecular formula is C32H30Cl2N4O9. The van der Waals surface area contributed by atoms with Gasteiger partial charge in [-0.25, -0.2) is 9.78 Å². The van der Waals surface area contributed by atoms with Crippen molar-refractivity contribution in [3.63, 3.8) is 0 Å². The van der Waals surface area contributed by atoms with Gasteiger partial charge in [0.15, 0.2) is 5.65 Å². The third-order valence-corrected chi connectivity index (χ3v) is 7.94. The average Bonchev–Trinajstić information content (AvgIpc) is 3.44. The number of carboxylic acids is 1. The average molecular weight is 686 g/mol. The number of carbonyl (C=O) groups is 1. The maximum Gasteiger partial charge on any atom is 0.337 e. The third-order valence-electron chi connectivity index (χ3n) is 7.33. The Bertz CT molecular complexity index is 1890. The molecule has 0 spiro atoms. The monoisotopic (exact) mass is 684 g/mol. The van der Waals surface area contributed by atoms with Crippen molar-refractivity contribution in [2.75, 3.05) is 13.2 Å². The van der Waals surface area contributed by atoms with Gasteiger partial charge < -0.3 is 50.8 Å². The number of aromatic carboxylic acids is 1. The van der Waals surface area contributed by atoms with Gasteiger partial charge in [0.1, 0.15) is 29.8 Å². The molecule has 9 N–H and O–H groups in total. The second-order valence-corrected chi connectivity index (χ2v) is 11.5. The van der Waals surface area contributed by atoms with Crippen molar-refractivity contribution in [2.45, 2.75) is 31.0 Å². The molecule has 0 bridgehead atoms. The molecular weight excluding hydrogens is 655 g/mol. The zero-order valence-corrected chi connectivity index (χ0v) is 25.9. The summed E-state index contributed by atoms with van der Waals surface area (Å²) in [6.45, 7) is -0.655. The highest BCUT2D eigenvalue weighted by atomic mass is 35.5. The molecule has 47 heavy (non-hydrogen) atoms. The molecule has 2 heterocycles. The third kappa shape index (κ3) is 7.81. The van der Waals surface area contributed by atoms with E-state index in [0.29, 0.717) is 38.6 Å². The number of nitrogens with zero attached hydrogens (tertiary/aromatic N) is 2. The summed E-state index contributed by atoms with van der Waals surface area (Å²) < 4.78 is 5.69. The second kappa shape index (κ2) is 14.6. The Kier molecular flexibility index (Phi) is 10.6. The highest BCUT2D eigenvalue weighted by molar-refractivity contribution is 6.34. The van der Waals surface area contributed by atoms with Gasteiger partial charge in [-0.05, 0) is 41.5 Å². The van der Waals surface area contributed by atoms with Crippen LogP contribution < -0.4 is 10.1 Å². The highest BCUT2D eigenvalue weighted by Gasteiger charge is 2.29. The lowest BCUT2D eigenvalue weighted by atomic mass is 10.00. The summed E-state index contributed by atoms with van der Waals surface area (Å²) in [6.07, 6.45) is -6.37. The zero-order valence-electron chi connectivity index (χ0n) is 24.4. The van der Waals surface area contributed by atoms with Crippen molar-refractivity contribution in [3.8, 4) is 39.9 Å². The Morgan fingerprint density at radius 3 is 2.26 bits per heavy atom. The lowest BCUT2D eigenvalue weighted by Crippen LogP contribution is -2.48. The van der Waals surface area contributed by atoms with Crippen LogP contribution in [0.3, 0.4) is 0 Å². The van der Waals surface area contributed by atoms with Gasteiger partial charge in [-0.1, -0.05) is 59.6 Å². The minimum Gasteiger partial charge on any atom is -0.507 e. The van der Waals surface area contributed by atoms with E-state index in [9.17, 15) is 35.4 Å². The quantitative estimate of drug-likeness (QED) is 0.0871. The maximum absolute atomic E-state index is 11.4. The Morgan fingerprint density at radius 2 is 1.57 bits per heavy atom. The van der Waals surface area contributed by atoms with E-state index >= 15 is 0 Å². The van der Waals surface area contributed by atoms with Gasteiger partial charge in [0, 0.05) is 24.2 Å². The number of benzene rings is 3. The van der Waals surface area contributed by atoms with Crippen LogP contribution in [0.25, 0.3) is 33.5 Å². The smallest absolute Gasteiger partial charge is 0.337 e. The van der Waals surface area contributed by atoms with E-state index in [-0.39, 0.29) is 41.2 Å². The van der Waals surface area contributed by atoms with Crippen molar-refractivity contribution in [3.05, 3.63) is 87.9 Å². The fraction of sp³-hybridized carbons (Fsp3) is 0.219. The number of nitrogens with one attached hydrogen (secondary N) is 2. The largest absolute Gasteiger partial charge is 0.507 e. The summed E-state index contributed by atoms with van der Waals surface area (Å²) >= 11 is 12.5. The van der Waals surface area contributed by atoms with E-state index in [4.69, 9.17) is 33.0 Å². The molecule has 5 aromatic rings. The van der Waals surface area contributed by atoms with Crippen molar-refractivity contribution >= 4 is 40.3 Å². The fourth-order valence-electron chi connectivity index (χ4n) is 4.78. The molecule has 0 saturated carbocycles. The number of halogens is 2. The van der Waals surface area contributed by atoms with E-state index in [0.717, 1.165) is 5.56 Å². The minimum atomic E-state index is -1.71. The van der Waals surface area contributed by atoms with E-state index in [1.165, 1.54) is 18.2 Å². The Hall–Kier alpha value is -4.31. The molecule has 4 unspecified atom stereocenters. The van der Waals surface area contributed by atoms with Crippen molar-refractivity contribution in [1.29, 1.82) is 0 Å². The summed E-state index contributed by atoms with van der Waals surface area (Å²) in [7, 11) is 0.